The van der Waals surface area contributed by atoms with Crippen molar-refractivity contribution in [3.8, 4) is 0 Å². The molecule has 0 saturated carbocycles. The highest BCUT2D eigenvalue weighted by molar-refractivity contribution is 5.50. The minimum Gasteiger partial charge on any atom is -0.384 e. The number of anilines is 2. The summed E-state index contributed by atoms with van der Waals surface area (Å²) >= 11 is 0. The summed E-state index contributed by atoms with van der Waals surface area (Å²) in [6.45, 7) is 2.81. The maximum atomic E-state index is 5.35. The van der Waals surface area contributed by atoms with Gasteiger partial charge in [0, 0.05) is 18.7 Å². The summed E-state index contributed by atoms with van der Waals surface area (Å²) in [5.74, 6) is 0.740. The molecule has 0 bridgehead atoms. The van der Waals surface area contributed by atoms with Gasteiger partial charge in [-0.15, -0.1) is 0 Å². The molecule has 1 aromatic carbocycles. The van der Waals surface area contributed by atoms with Crippen molar-refractivity contribution in [3.05, 3.63) is 35.7 Å². The van der Waals surface area contributed by atoms with E-state index in [9.17, 15) is 0 Å². The van der Waals surface area contributed by atoms with Crippen LogP contribution >= 0.6 is 0 Å². The Hall–Kier alpha value is -2.04. The van der Waals surface area contributed by atoms with Gasteiger partial charge in [-0.2, -0.15) is 4.98 Å². The quantitative estimate of drug-likeness (QED) is 0.815. The molecule has 0 unspecified atom stereocenters. The Balaban J connectivity index is 1.87. The van der Waals surface area contributed by atoms with E-state index in [1.807, 2.05) is 18.2 Å². The molecule has 0 radical (unpaired) electrons. The number of hydrogen-bond donors (Lipinski definition) is 2. The number of para-hydroxylation sites is 1. The molecule has 0 fully saturated rings. The van der Waals surface area contributed by atoms with Crippen LogP contribution in [0.4, 0.5) is 11.6 Å². The number of nitrogens with one attached hydrogen (secondary N) is 1. The van der Waals surface area contributed by atoms with E-state index < -0.39 is 0 Å². The Kier molecular flexibility index (Phi) is 3.05. The Morgan fingerprint density at radius 2 is 2.19 bits per heavy atom. The van der Waals surface area contributed by atoms with Gasteiger partial charge in [-0.3, -0.25) is 0 Å². The minimum atomic E-state index is 0.186. The van der Waals surface area contributed by atoms with Gasteiger partial charge in [-0.1, -0.05) is 18.2 Å². The molecule has 5 heteroatoms. The molecule has 16 heavy (non-hydrogen) atoms. The van der Waals surface area contributed by atoms with Crippen LogP contribution in [-0.2, 0) is 6.42 Å². The molecule has 0 atom stereocenters. The predicted octanol–water partition coefficient (Wildman–Crippen LogP) is 1.61. The number of aryl methyl sites for hydroxylation is 1. The first-order valence-electron chi connectivity index (χ1n) is 5.13. The van der Waals surface area contributed by atoms with Gasteiger partial charge in [0.15, 0.2) is 0 Å². The van der Waals surface area contributed by atoms with Gasteiger partial charge >= 0.3 is 0 Å². The highest BCUT2D eigenvalue weighted by Gasteiger charge is 2.02. The first kappa shape index (κ1) is 10.5. The summed E-state index contributed by atoms with van der Waals surface area (Å²) in [7, 11) is 0. The fourth-order valence-corrected chi connectivity index (χ4v) is 1.44. The van der Waals surface area contributed by atoms with Crippen LogP contribution in [-0.4, -0.2) is 16.7 Å². The average molecular weight is 218 g/mol. The third-order valence-electron chi connectivity index (χ3n) is 2.28. The zero-order valence-electron chi connectivity index (χ0n) is 9.10. The van der Waals surface area contributed by atoms with E-state index in [0.29, 0.717) is 12.3 Å². The molecule has 1 heterocycles. The second-order valence-electron chi connectivity index (χ2n) is 3.54. The smallest absolute Gasteiger partial charge is 0.260 e. The first-order chi connectivity index (χ1) is 7.75. The van der Waals surface area contributed by atoms with Crippen molar-refractivity contribution >= 4 is 11.6 Å². The lowest BCUT2D eigenvalue weighted by Crippen LogP contribution is -2.06. The van der Waals surface area contributed by atoms with E-state index in [-0.39, 0.29) is 5.95 Å². The van der Waals surface area contributed by atoms with Gasteiger partial charge in [0.25, 0.3) is 5.95 Å². The SMILES string of the molecule is Cc1ccccc1NCCc1nc(N)no1. The summed E-state index contributed by atoms with van der Waals surface area (Å²) in [5.41, 5.74) is 7.68. The third-order valence-corrected chi connectivity index (χ3v) is 2.28. The van der Waals surface area contributed by atoms with Gasteiger partial charge in [-0.05, 0) is 23.7 Å². The third kappa shape index (κ3) is 2.50. The highest BCUT2D eigenvalue weighted by atomic mass is 16.5. The summed E-state index contributed by atoms with van der Waals surface area (Å²) in [4.78, 5) is 3.92. The Morgan fingerprint density at radius 3 is 2.88 bits per heavy atom. The molecule has 5 nitrogen and oxygen atoms in total. The molecule has 1 aromatic heterocycles. The van der Waals surface area contributed by atoms with Crippen molar-refractivity contribution in [2.24, 2.45) is 0 Å². The van der Waals surface area contributed by atoms with Crippen molar-refractivity contribution in [2.75, 3.05) is 17.6 Å². The van der Waals surface area contributed by atoms with E-state index in [2.05, 4.69) is 28.4 Å². The molecule has 0 aliphatic carbocycles. The number of hydrogen-bond acceptors (Lipinski definition) is 5. The molecule has 0 amide bonds. The van der Waals surface area contributed by atoms with Crippen LogP contribution in [0.25, 0.3) is 0 Å². The van der Waals surface area contributed by atoms with E-state index in [4.69, 9.17) is 10.3 Å². The van der Waals surface area contributed by atoms with Crippen molar-refractivity contribution < 1.29 is 4.52 Å². The average Bonchev–Trinajstić information content (AvgIpc) is 2.67. The van der Waals surface area contributed by atoms with Gasteiger partial charge in [0.1, 0.15) is 0 Å². The van der Waals surface area contributed by atoms with Crippen LogP contribution in [0.15, 0.2) is 28.8 Å². The summed E-state index contributed by atoms with van der Waals surface area (Å²) in [6, 6.07) is 8.11. The zero-order chi connectivity index (χ0) is 11.4. The topological polar surface area (TPSA) is 77.0 Å². The van der Waals surface area contributed by atoms with E-state index in [0.717, 1.165) is 12.2 Å². The van der Waals surface area contributed by atoms with Crippen LogP contribution in [0.2, 0.25) is 0 Å². The van der Waals surface area contributed by atoms with E-state index in [1.165, 1.54) is 5.56 Å². The van der Waals surface area contributed by atoms with Gasteiger partial charge in [-0.25, -0.2) is 0 Å². The standard InChI is InChI=1S/C11H14N4O/c1-8-4-2-3-5-9(8)13-7-6-10-14-11(12)15-16-10/h2-5,13H,6-7H2,1H3,(H2,12,15). The second kappa shape index (κ2) is 4.65. The molecule has 84 valence electrons. The normalized spacial score (nSPS) is 10.3. The Morgan fingerprint density at radius 1 is 1.38 bits per heavy atom. The van der Waals surface area contributed by atoms with Crippen LogP contribution in [0.5, 0.6) is 0 Å². The number of nitrogens with zero attached hydrogens (tertiary/aromatic N) is 2. The molecule has 0 aliphatic heterocycles. The monoisotopic (exact) mass is 218 g/mol. The van der Waals surface area contributed by atoms with Crippen LogP contribution in [0, 0.1) is 6.92 Å². The minimum absolute atomic E-state index is 0.186. The number of nitrogen functional groups attached to an aromatic ring is 1. The van der Waals surface area contributed by atoms with Gasteiger partial charge in [0.2, 0.25) is 5.89 Å². The summed E-state index contributed by atoms with van der Waals surface area (Å²) < 4.78 is 4.91. The molecular formula is C11H14N4O. The first-order valence-corrected chi connectivity index (χ1v) is 5.13. The number of nitrogens with two attached hydrogens (primary N) is 1. The fourth-order valence-electron chi connectivity index (χ4n) is 1.44. The predicted molar refractivity (Wildman–Crippen MR) is 62.1 cm³/mol. The lowest BCUT2D eigenvalue weighted by Gasteiger charge is -2.07. The largest absolute Gasteiger partial charge is 0.384 e. The molecule has 0 aliphatic rings. The molecule has 0 saturated heterocycles. The molecule has 0 spiro atoms. The summed E-state index contributed by atoms with van der Waals surface area (Å²) in [5, 5.41) is 6.83. The lowest BCUT2D eigenvalue weighted by atomic mass is 10.2. The summed E-state index contributed by atoms with van der Waals surface area (Å²) in [6.07, 6.45) is 0.665. The van der Waals surface area contributed by atoms with Crippen molar-refractivity contribution in [1.82, 2.24) is 10.1 Å². The van der Waals surface area contributed by atoms with Crippen LogP contribution in [0.3, 0.4) is 0 Å². The van der Waals surface area contributed by atoms with Gasteiger partial charge < -0.3 is 15.6 Å². The maximum Gasteiger partial charge on any atom is 0.260 e. The number of benzene rings is 1. The molecule has 3 N–H and O–H groups in total. The number of rotatable bonds is 4. The lowest BCUT2D eigenvalue weighted by molar-refractivity contribution is 0.381. The van der Waals surface area contributed by atoms with E-state index >= 15 is 0 Å². The van der Waals surface area contributed by atoms with Crippen LogP contribution < -0.4 is 11.1 Å². The second-order valence-corrected chi connectivity index (χ2v) is 3.54. The molecule has 2 aromatic rings. The number of aromatic nitrogens is 2. The zero-order valence-corrected chi connectivity index (χ0v) is 9.10. The molecule has 2 rings (SSSR count). The Bertz CT molecular complexity index is 467. The highest BCUT2D eigenvalue weighted by Crippen LogP contribution is 2.12. The maximum absolute atomic E-state index is 5.35. The van der Waals surface area contributed by atoms with Crippen molar-refractivity contribution in [2.45, 2.75) is 13.3 Å². The van der Waals surface area contributed by atoms with Crippen molar-refractivity contribution in [3.63, 3.8) is 0 Å². The fraction of sp³-hybridized carbons (Fsp3) is 0.273. The van der Waals surface area contributed by atoms with Crippen molar-refractivity contribution in [1.29, 1.82) is 0 Å². The molecular weight excluding hydrogens is 204 g/mol. The Labute approximate surface area is 93.7 Å². The van der Waals surface area contributed by atoms with Crippen LogP contribution in [0.1, 0.15) is 11.5 Å². The van der Waals surface area contributed by atoms with Gasteiger partial charge in [0.05, 0.1) is 0 Å². The van der Waals surface area contributed by atoms with E-state index in [1.54, 1.807) is 0 Å².